The van der Waals surface area contributed by atoms with Gasteiger partial charge >= 0.3 is 0 Å². The van der Waals surface area contributed by atoms with E-state index in [2.05, 4.69) is 12.6 Å². The Morgan fingerprint density at radius 1 is 0.962 bits per heavy atom. The molecule has 0 aliphatic carbocycles. The zero-order valence-electron chi connectivity index (χ0n) is 15.5. The van der Waals surface area contributed by atoms with Crippen LogP contribution in [0.1, 0.15) is 25.8 Å². The molecule has 3 nitrogen and oxygen atoms in total. The Labute approximate surface area is 168 Å². The van der Waals surface area contributed by atoms with E-state index in [0.717, 1.165) is 11.3 Å². The molecule has 144 valence electrons. The second kappa shape index (κ2) is 13.3. The molecule has 0 aliphatic heterocycles. The molecule has 0 heterocycles. The predicted molar refractivity (Wildman–Crippen MR) is 118 cm³/mol. The summed E-state index contributed by atoms with van der Waals surface area (Å²) >= 11 is 5.90. The largest absolute Gasteiger partial charge is 0.214 e. The number of hydrogen-bond donors (Lipinski definition) is 1. The normalized spacial score (nSPS) is 11.1. The molecule has 26 heavy (non-hydrogen) atoms. The van der Waals surface area contributed by atoms with Gasteiger partial charge in [-0.2, -0.15) is 16.9 Å². The van der Waals surface area contributed by atoms with E-state index in [-0.39, 0.29) is 5.75 Å². The third-order valence-electron chi connectivity index (χ3n) is 3.50. The Bertz CT molecular complexity index is 692. The second-order valence-electron chi connectivity index (χ2n) is 5.37. The van der Waals surface area contributed by atoms with Crippen LogP contribution in [-0.4, -0.2) is 36.5 Å². The first-order chi connectivity index (χ1) is 12.6. The van der Waals surface area contributed by atoms with E-state index in [0.29, 0.717) is 25.3 Å². The molecule has 0 saturated carbocycles. The van der Waals surface area contributed by atoms with Gasteiger partial charge in [-0.25, -0.2) is 8.42 Å². The fourth-order valence-corrected chi connectivity index (χ4v) is 5.21. The minimum atomic E-state index is -3.27. The van der Waals surface area contributed by atoms with Crippen LogP contribution in [0, 0.1) is 0 Å². The lowest BCUT2D eigenvalue weighted by Crippen LogP contribution is -2.34. The van der Waals surface area contributed by atoms with E-state index in [4.69, 9.17) is 0 Å². The highest BCUT2D eigenvalue weighted by atomic mass is 32.2. The maximum Gasteiger partial charge on any atom is 0.214 e. The zero-order valence-corrected chi connectivity index (χ0v) is 18.1. The van der Waals surface area contributed by atoms with E-state index >= 15 is 0 Å². The van der Waals surface area contributed by atoms with Gasteiger partial charge in [0.15, 0.2) is 0 Å². The van der Waals surface area contributed by atoms with Crippen LogP contribution in [0.15, 0.2) is 65.6 Å². The maximum atomic E-state index is 12.6. The predicted octanol–water partition coefficient (Wildman–Crippen LogP) is 4.96. The summed E-state index contributed by atoms with van der Waals surface area (Å²) in [5, 5.41) is 0. The number of hydrogen-bond acceptors (Lipinski definition) is 4. The molecule has 0 atom stereocenters. The van der Waals surface area contributed by atoms with Crippen LogP contribution in [0.3, 0.4) is 0 Å². The molecule has 2 aromatic carbocycles. The van der Waals surface area contributed by atoms with Gasteiger partial charge in [0, 0.05) is 23.7 Å². The number of sulfonamides is 1. The molecule has 0 N–H and O–H groups in total. The molecule has 0 amide bonds. The van der Waals surface area contributed by atoms with Crippen molar-refractivity contribution in [3.8, 4) is 0 Å². The Hall–Kier alpha value is -0.950. The highest BCUT2D eigenvalue weighted by molar-refractivity contribution is 7.99. The lowest BCUT2D eigenvalue weighted by Gasteiger charge is -2.21. The van der Waals surface area contributed by atoms with E-state index < -0.39 is 10.0 Å². The van der Waals surface area contributed by atoms with Crippen molar-refractivity contribution >= 4 is 34.4 Å². The lowest BCUT2D eigenvalue weighted by molar-refractivity contribution is 0.426. The summed E-state index contributed by atoms with van der Waals surface area (Å²) in [6, 6.07) is 19.7. The highest BCUT2D eigenvalue weighted by Crippen LogP contribution is 2.19. The monoisotopic (exact) mass is 411 g/mol. The molecule has 0 unspecified atom stereocenters. The number of thiol groups is 1. The van der Waals surface area contributed by atoms with Gasteiger partial charge in [0.25, 0.3) is 0 Å². The number of benzene rings is 2. The fraction of sp³-hybridized carbons (Fsp3) is 0.400. The van der Waals surface area contributed by atoms with Gasteiger partial charge in [0.05, 0.1) is 5.75 Å². The number of nitrogens with zero attached hydrogens (tertiary/aromatic N) is 1. The molecule has 0 fully saturated rings. The third kappa shape index (κ3) is 8.62. The van der Waals surface area contributed by atoms with Crippen LogP contribution >= 0.6 is 24.4 Å². The fourth-order valence-electron chi connectivity index (χ4n) is 2.29. The van der Waals surface area contributed by atoms with E-state index in [1.165, 1.54) is 4.90 Å². The molecule has 0 aromatic heterocycles. The Balaban J connectivity index is 0.00000163. The number of thioether (sulfide) groups is 1. The summed E-state index contributed by atoms with van der Waals surface area (Å²) in [6.07, 6.45) is 0.639. The highest BCUT2D eigenvalue weighted by Gasteiger charge is 2.21. The zero-order chi connectivity index (χ0) is 19.3. The average molecular weight is 412 g/mol. The summed E-state index contributed by atoms with van der Waals surface area (Å²) in [5.41, 5.74) is 1.00. The van der Waals surface area contributed by atoms with Gasteiger partial charge in [-0.05, 0) is 29.9 Å². The van der Waals surface area contributed by atoms with Crippen molar-refractivity contribution in [3.05, 3.63) is 66.2 Å². The van der Waals surface area contributed by atoms with Crippen molar-refractivity contribution in [2.75, 3.05) is 23.8 Å². The summed E-state index contributed by atoms with van der Waals surface area (Å²) in [6.45, 7) is 4.85. The summed E-state index contributed by atoms with van der Waals surface area (Å²) in [4.78, 5) is 1.17. The number of rotatable bonds is 10. The van der Waals surface area contributed by atoms with Crippen LogP contribution in [0.4, 0.5) is 0 Å². The van der Waals surface area contributed by atoms with Gasteiger partial charge in [0.2, 0.25) is 10.0 Å². The molecule has 0 saturated heterocycles. The van der Waals surface area contributed by atoms with Crippen molar-refractivity contribution < 1.29 is 8.42 Å². The molecular weight excluding hydrogens is 382 g/mol. The summed E-state index contributed by atoms with van der Waals surface area (Å²) in [5.74, 6) is 1.49. The summed E-state index contributed by atoms with van der Waals surface area (Å²) < 4.78 is 26.8. The topological polar surface area (TPSA) is 37.4 Å². The first-order valence-electron chi connectivity index (χ1n) is 8.92. The molecule has 6 heteroatoms. The molecule has 0 bridgehead atoms. The molecule has 2 aromatic rings. The molecule has 0 radical (unpaired) electrons. The first kappa shape index (κ1) is 23.1. The van der Waals surface area contributed by atoms with Gasteiger partial charge < -0.3 is 0 Å². The van der Waals surface area contributed by atoms with Crippen LogP contribution in [0.25, 0.3) is 0 Å². The molecule has 0 aliphatic rings. The van der Waals surface area contributed by atoms with Gasteiger partial charge in [0.1, 0.15) is 0 Å². The van der Waals surface area contributed by atoms with Crippen molar-refractivity contribution in [3.63, 3.8) is 0 Å². The average Bonchev–Trinajstić information content (AvgIpc) is 2.68. The summed E-state index contributed by atoms with van der Waals surface area (Å²) in [7, 11) is -3.27. The third-order valence-corrected chi connectivity index (χ3v) is 6.70. The van der Waals surface area contributed by atoms with Crippen molar-refractivity contribution in [1.29, 1.82) is 0 Å². The van der Waals surface area contributed by atoms with E-state index in [1.807, 2.05) is 74.5 Å². The van der Waals surface area contributed by atoms with Crippen LogP contribution in [0.5, 0.6) is 0 Å². The Morgan fingerprint density at radius 3 is 2.12 bits per heavy atom. The molecule has 0 spiro atoms. The van der Waals surface area contributed by atoms with Crippen LogP contribution in [0.2, 0.25) is 0 Å². The Kier molecular flexibility index (Phi) is 11.8. The van der Waals surface area contributed by atoms with Gasteiger partial charge in [-0.15, -0.1) is 11.8 Å². The minimum absolute atomic E-state index is 0.174. The standard InChI is InChI=1S/C18H23NO2S3.C2H6/c20-24(21,15-7-14-23-18-10-5-2-6-11-18)19(12-13-22)16-17-8-3-1-4-9-17;1-2/h1-6,8-11,22H,7,12-16H2;1-2H3. The van der Waals surface area contributed by atoms with Crippen molar-refractivity contribution in [2.24, 2.45) is 0 Å². The van der Waals surface area contributed by atoms with Crippen molar-refractivity contribution in [2.45, 2.75) is 31.7 Å². The lowest BCUT2D eigenvalue weighted by atomic mass is 10.2. The van der Waals surface area contributed by atoms with Crippen LogP contribution < -0.4 is 0 Å². The molecule has 2 rings (SSSR count). The minimum Gasteiger partial charge on any atom is -0.212 e. The maximum absolute atomic E-state index is 12.6. The quantitative estimate of drug-likeness (QED) is 0.341. The van der Waals surface area contributed by atoms with Gasteiger partial charge in [-0.1, -0.05) is 62.4 Å². The first-order valence-corrected chi connectivity index (χ1v) is 12.1. The second-order valence-corrected chi connectivity index (χ2v) is 9.08. The SMILES string of the molecule is CC.O=S(=O)(CCCSc1ccccc1)N(CCS)Cc1ccccc1. The van der Waals surface area contributed by atoms with Crippen LogP contribution in [-0.2, 0) is 16.6 Å². The van der Waals surface area contributed by atoms with Crippen molar-refractivity contribution in [1.82, 2.24) is 4.31 Å². The smallest absolute Gasteiger partial charge is 0.212 e. The van der Waals surface area contributed by atoms with E-state index in [1.54, 1.807) is 16.1 Å². The Morgan fingerprint density at radius 2 is 1.54 bits per heavy atom. The van der Waals surface area contributed by atoms with Gasteiger partial charge in [-0.3, -0.25) is 0 Å². The van der Waals surface area contributed by atoms with E-state index in [9.17, 15) is 8.42 Å². The molecular formula is C20H29NO2S3.